The maximum absolute atomic E-state index is 10.3. The summed E-state index contributed by atoms with van der Waals surface area (Å²) in [6, 6.07) is 8.03. The third-order valence-corrected chi connectivity index (χ3v) is 3.79. The van der Waals surface area contributed by atoms with Crippen molar-refractivity contribution in [1.82, 2.24) is 0 Å². The molecule has 4 heteroatoms. The minimum absolute atomic E-state index is 0.233. The van der Waals surface area contributed by atoms with E-state index in [4.69, 9.17) is 9.47 Å². The van der Waals surface area contributed by atoms with Crippen LogP contribution in [-0.4, -0.2) is 19.0 Å². The molecule has 1 saturated heterocycles. The fraction of sp³-hybridized carbons (Fsp3) is 0.467. The number of rotatable bonds is 3. The second-order valence-electron chi connectivity index (χ2n) is 5.03. The Hall–Kier alpha value is -1.52. The van der Waals surface area contributed by atoms with Gasteiger partial charge in [-0.25, -0.2) is 0 Å². The second kappa shape index (κ2) is 5.23. The zero-order valence-electron chi connectivity index (χ0n) is 10.8. The third-order valence-electron chi connectivity index (χ3n) is 3.79. The molecule has 100 valence electrons. The van der Waals surface area contributed by atoms with Gasteiger partial charge in [0.05, 0.1) is 13.2 Å². The molecule has 1 fully saturated rings. The van der Waals surface area contributed by atoms with Gasteiger partial charge in [0.1, 0.15) is 6.54 Å². The van der Waals surface area contributed by atoms with E-state index in [2.05, 4.69) is 17.3 Å². The van der Waals surface area contributed by atoms with Crippen LogP contribution in [0.2, 0.25) is 0 Å². The van der Waals surface area contributed by atoms with E-state index in [-0.39, 0.29) is 12.3 Å². The lowest BCUT2D eigenvalue weighted by Crippen LogP contribution is -2.31. The van der Waals surface area contributed by atoms with Gasteiger partial charge in [-0.05, 0) is 29.2 Å². The van der Waals surface area contributed by atoms with Crippen LogP contribution in [0.15, 0.2) is 35.5 Å². The highest BCUT2D eigenvalue weighted by atomic mass is 16.7. The quantitative estimate of drug-likeness (QED) is 0.783. The average molecular weight is 259 g/mol. The Balaban J connectivity index is 1.78. The van der Waals surface area contributed by atoms with Gasteiger partial charge in [0.2, 0.25) is 0 Å². The van der Waals surface area contributed by atoms with Crippen LogP contribution in [-0.2, 0) is 16.0 Å². The lowest BCUT2D eigenvalue weighted by atomic mass is 9.89. The van der Waals surface area contributed by atoms with Gasteiger partial charge in [0.15, 0.2) is 5.79 Å². The minimum Gasteiger partial charge on any atom is -0.347 e. The van der Waals surface area contributed by atoms with E-state index in [1.54, 1.807) is 0 Å². The van der Waals surface area contributed by atoms with Gasteiger partial charge >= 0.3 is 0 Å². The molecule has 19 heavy (non-hydrogen) atoms. The topological polar surface area (TPSA) is 47.9 Å². The summed E-state index contributed by atoms with van der Waals surface area (Å²) in [4.78, 5) is 10.3. The van der Waals surface area contributed by atoms with E-state index in [1.165, 1.54) is 11.1 Å². The molecule has 0 N–H and O–H groups in total. The average Bonchev–Trinajstić information content (AvgIpc) is 2.89. The van der Waals surface area contributed by atoms with E-state index < -0.39 is 0 Å². The van der Waals surface area contributed by atoms with Crippen molar-refractivity contribution in [3.63, 3.8) is 0 Å². The van der Waals surface area contributed by atoms with E-state index in [0.29, 0.717) is 13.2 Å². The highest BCUT2D eigenvalue weighted by molar-refractivity contribution is 5.67. The van der Waals surface area contributed by atoms with E-state index in [9.17, 15) is 4.91 Å². The molecule has 1 aliphatic heterocycles. The molecule has 0 amide bonds. The lowest BCUT2D eigenvalue weighted by molar-refractivity contribution is -0.159. The van der Waals surface area contributed by atoms with Crippen LogP contribution < -0.4 is 0 Å². The lowest BCUT2D eigenvalue weighted by Gasteiger charge is -2.30. The van der Waals surface area contributed by atoms with Crippen molar-refractivity contribution in [2.75, 3.05) is 13.2 Å². The van der Waals surface area contributed by atoms with Gasteiger partial charge in [-0.3, -0.25) is 0 Å². The van der Waals surface area contributed by atoms with Crippen molar-refractivity contribution in [1.29, 1.82) is 0 Å². The Bertz CT molecular complexity index is 504. The van der Waals surface area contributed by atoms with E-state index >= 15 is 0 Å². The highest BCUT2D eigenvalue weighted by Crippen LogP contribution is 2.38. The Morgan fingerprint density at radius 1 is 1.26 bits per heavy atom. The summed E-state index contributed by atoms with van der Waals surface area (Å²) in [5, 5.41) is 2.94. The molecule has 0 unspecified atom stereocenters. The van der Waals surface area contributed by atoms with Gasteiger partial charge in [-0.2, -0.15) is 4.91 Å². The molecule has 0 saturated carbocycles. The molecule has 0 atom stereocenters. The summed E-state index contributed by atoms with van der Waals surface area (Å²) < 4.78 is 11.4. The molecule has 1 aliphatic carbocycles. The van der Waals surface area contributed by atoms with E-state index in [1.807, 2.05) is 18.2 Å². The smallest absolute Gasteiger partial charge is 0.172 e. The first kappa shape index (κ1) is 12.5. The molecule has 1 heterocycles. The Morgan fingerprint density at radius 2 is 2.11 bits per heavy atom. The van der Waals surface area contributed by atoms with Gasteiger partial charge in [-0.15, -0.1) is 0 Å². The summed E-state index contributed by atoms with van der Waals surface area (Å²) in [5.74, 6) is -0.370. The molecule has 1 aromatic rings. The van der Waals surface area contributed by atoms with Crippen LogP contribution in [0.5, 0.6) is 0 Å². The Morgan fingerprint density at radius 3 is 2.79 bits per heavy atom. The molecule has 1 aromatic carbocycles. The standard InChI is InChI=1S/C15H17NO3/c17-16-11-12-2-1-3-14(10-12)13-4-6-15(7-5-13)18-8-9-19-15/h1-4,10H,5-9,11H2. The van der Waals surface area contributed by atoms with Crippen LogP contribution in [0.25, 0.3) is 5.57 Å². The van der Waals surface area contributed by atoms with Crippen molar-refractivity contribution in [2.24, 2.45) is 5.18 Å². The van der Waals surface area contributed by atoms with Crippen molar-refractivity contribution >= 4 is 5.57 Å². The Kier molecular flexibility index (Phi) is 3.44. The maximum Gasteiger partial charge on any atom is 0.172 e. The molecule has 3 rings (SSSR count). The van der Waals surface area contributed by atoms with E-state index in [0.717, 1.165) is 24.8 Å². The summed E-state index contributed by atoms with van der Waals surface area (Å²) in [7, 11) is 0. The van der Waals surface area contributed by atoms with Gasteiger partial charge in [0, 0.05) is 12.8 Å². The molecule has 0 bridgehead atoms. The van der Waals surface area contributed by atoms with Gasteiger partial charge in [0.25, 0.3) is 0 Å². The third kappa shape index (κ3) is 2.60. The largest absolute Gasteiger partial charge is 0.347 e. The first-order chi connectivity index (χ1) is 9.31. The summed E-state index contributed by atoms with van der Waals surface area (Å²) in [5.41, 5.74) is 3.44. The Labute approximate surface area is 112 Å². The van der Waals surface area contributed by atoms with Crippen LogP contribution >= 0.6 is 0 Å². The van der Waals surface area contributed by atoms with Gasteiger partial charge in [-0.1, -0.05) is 29.5 Å². The number of nitroso groups, excluding NO2 is 1. The monoisotopic (exact) mass is 259 g/mol. The molecular weight excluding hydrogens is 242 g/mol. The molecule has 0 aromatic heterocycles. The number of nitrogens with zero attached hydrogens (tertiary/aromatic N) is 1. The summed E-state index contributed by atoms with van der Waals surface area (Å²) in [6.45, 7) is 1.63. The zero-order valence-corrected chi connectivity index (χ0v) is 10.8. The molecular formula is C15H17NO3. The molecule has 1 spiro atoms. The van der Waals surface area contributed by atoms with Crippen molar-refractivity contribution in [3.05, 3.63) is 46.4 Å². The minimum atomic E-state index is -0.370. The summed E-state index contributed by atoms with van der Waals surface area (Å²) >= 11 is 0. The fourth-order valence-electron chi connectivity index (χ4n) is 2.77. The highest BCUT2D eigenvalue weighted by Gasteiger charge is 2.37. The number of ether oxygens (including phenoxy) is 2. The normalized spacial score (nSPS) is 21.4. The molecule has 2 aliphatic rings. The number of benzene rings is 1. The van der Waals surface area contributed by atoms with Crippen LogP contribution in [0.1, 0.15) is 30.4 Å². The molecule has 0 radical (unpaired) electrons. The van der Waals surface area contributed by atoms with Crippen LogP contribution in [0.3, 0.4) is 0 Å². The maximum atomic E-state index is 10.3. The van der Waals surface area contributed by atoms with Crippen molar-refractivity contribution < 1.29 is 9.47 Å². The predicted molar refractivity (Wildman–Crippen MR) is 72.4 cm³/mol. The second-order valence-corrected chi connectivity index (χ2v) is 5.03. The molecule has 4 nitrogen and oxygen atoms in total. The van der Waals surface area contributed by atoms with Crippen molar-refractivity contribution in [2.45, 2.75) is 31.6 Å². The number of allylic oxidation sites excluding steroid dienone is 1. The number of hydrogen-bond acceptors (Lipinski definition) is 4. The SMILES string of the molecule is O=NCc1cccc(C2=CCC3(CC2)OCCO3)c1. The predicted octanol–water partition coefficient (Wildman–Crippen LogP) is 3.26. The first-order valence-corrected chi connectivity index (χ1v) is 6.67. The summed E-state index contributed by atoms with van der Waals surface area (Å²) in [6.07, 6.45) is 4.84. The van der Waals surface area contributed by atoms with Crippen molar-refractivity contribution in [3.8, 4) is 0 Å². The number of hydrogen-bond donors (Lipinski definition) is 0. The first-order valence-electron chi connectivity index (χ1n) is 6.67. The van der Waals surface area contributed by atoms with Crippen LogP contribution in [0.4, 0.5) is 0 Å². The van der Waals surface area contributed by atoms with Gasteiger partial charge < -0.3 is 9.47 Å². The zero-order chi connectivity index (χ0) is 13.1. The fourth-order valence-corrected chi connectivity index (χ4v) is 2.77. The van der Waals surface area contributed by atoms with Crippen LogP contribution in [0, 0.1) is 4.91 Å².